The van der Waals surface area contributed by atoms with Gasteiger partial charge in [0.2, 0.25) is 6.79 Å². The molecule has 0 saturated carbocycles. The van der Waals surface area contributed by atoms with Crippen LogP contribution in [0, 0.1) is 0 Å². The van der Waals surface area contributed by atoms with Gasteiger partial charge in [0.05, 0.1) is 24.8 Å². The number of ether oxygens (including phenoxy) is 4. The SMILES string of the molecule is COc1cc2c(cc1/C=C1\SC(=O)N(c3ccccc3OC)C1=O)OCO2. The van der Waals surface area contributed by atoms with Crippen LogP contribution in [0.5, 0.6) is 23.0 Å². The molecule has 2 amide bonds. The molecule has 7 nitrogen and oxygen atoms in total. The fourth-order valence-electron chi connectivity index (χ4n) is 2.86. The molecule has 1 saturated heterocycles. The van der Waals surface area contributed by atoms with Gasteiger partial charge in [0, 0.05) is 11.6 Å². The topological polar surface area (TPSA) is 74.3 Å². The smallest absolute Gasteiger partial charge is 0.298 e. The van der Waals surface area contributed by atoms with Gasteiger partial charge in [-0.15, -0.1) is 0 Å². The van der Waals surface area contributed by atoms with Crippen LogP contribution in [0.15, 0.2) is 41.3 Å². The number of anilines is 1. The first-order chi connectivity index (χ1) is 13.1. The highest BCUT2D eigenvalue weighted by atomic mass is 32.2. The lowest BCUT2D eigenvalue weighted by atomic mass is 10.1. The molecule has 0 bridgehead atoms. The predicted molar refractivity (Wildman–Crippen MR) is 101 cm³/mol. The minimum atomic E-state index is -0.422. The third kappa shape index (κ3) is 2.97. The zero-order valence-corrected chi connectivity index (χ0v) is 15.4. The zero-order chi connectivity index (χ0) is 19.0. The van der Waals surface area contributed by atoms with Crippen molar-refractivity contribution in [3.8, 4) is 23.0 Å². The van der Waals surface area contributed by atoms with Crippen LogP contribution < -0.4 is 23.8 Å². The summed E-state index contributed by atoms with van der Waals surface area (Å²) < 4.78 is 21.4. The number of methoxy groups -OCH3 is 2. The number of hydrogen-bond donors (Lipinski definition) is 0. The number of carbonyl (C=O) groups is 2. The van der Waals surface area contributed by atoms with Gasteiger partial charge in [-0.2, -0.15) is 0 Å². The number of hydrogen-bond acceptors (Lipinski definition) is 7. The fraction of sp³-hybridized carbons (Fsp3) is 0.158. The van der Waals surface area contributed by atoms with Crippen LogP contribution >= 0.6 is 11.8 Å². The molecule has 2 heterocycles. The molecule has 1 fully saturated rings. The first-order valence-electron chi connectivity index (χ1n) is 8.01. The molecule has 4 rings (SSSR count). The van der Waals surface area contributed by atoms with Crippen molar-refractivity contribution in [2.24, 2.45) is 0 Å². The Bertz CT molecular complexity index is 971. The lowest BCUT2D eigenvalue weighted by Gasteiger charge is -2.15. The number of amides is 2. The van der Waals surface area contributed by atoms with E-state index in [1.165, 1.54) is 14.2 Å². The predicted octanol–water partition coefficient (Wildman–Crippen LogP) is 3.67. The van der Waals surface area contributed by atoms with Crippen LogP contribution in [0.1, 0.15) is 5.56 Å². The summed E-state index contributed by atoms with van der Waals surface area (Å²) in [4.78, 5) is 26.8. The molecule has 0 radical (unpaired) electrons. The van der Waals surface area contributed by atoms with Crippen molar-refractivity contribution in [3.63, 3.8) is 0 Å². The van der Waals surface area contributed by atoms with Gasteiger partial charge in [0.25, 0.3) is 11.1 Å². The molecule has 0 N–H and O–H groups in total. The average Bonchev–Trinajstić information content (AvgIpc) is 3.24. The summed E-state index contributed by atoms with van der Waals surface area (Å²) in [5, 5.41) is -0.393. The number of imide groups is 1. The van der Waals surface area contributed by atoms with E-state index in [0.29, 0.717) is 34.2 Å². The number of nitrogens with zero attached hydrogens (tertiary/aromatic N) is 1. The number of fused-ring (bicyclic) bond motifs is 1. The second kappa shape index (κ2) is 6.88. The van der Waals surface area contributed by atoms with Crippen molar-refractivity contribution < 1.29 is 28.5 Å². The molecule has 2 aromatic carbocycles. The molecule has 0 aliphatic carbocycles. The molecule has 27 heavy (non-hydrogen) atoms. The second-order valence-corrected chi connectivity index (χ2v) is 6.63. The molecular weight excluding hydrogens is 370 g/mol. The molecule has 0 atom stereocenters. The quantitative estimate of drug-likeness (QED) is 0.744. The van der Waals surface area contributed by atoms with Crippen LogP contribution in [0.25, 0.3) is 6.08 Å². The first kappa shape index (κ1) is 17.3. The molecule has 0 spiro atoms. The van der Waals surface area contributed by atoms with Gasteiger partial charge in [0.15, 0.2) is 11.5 Å². The zero-order valence-electron chi connectivity index (χ0n) is 14.6. The van der Waals surface area contributed by atoms with Crippen LogP contribution in [0.4, 0.5) is 10.5 Å². The largest absolute Gasteiger partial charge is 0.496 e. The summed E-state index contributed by atoms with van der Waals surface area (Å²) in [5.41, 5.74) is 1.02. The highest BCUT2D eigenvalue weighted by Gasteiger charge is 2.38. The van der Waals surface area contributed by atoms with Crippen molar-refractivity contribution in [1.29, 1.82) is 0 Å². The number of thioether (sulfide) groups is 1. The Kier molecular flexibility index (Phi) is 4.41. The van der Waals surface area contributed by atoms with Crippen molar-refractivity contribution in [3.05, 3.63) is 46.9 Å². The lowest BCUT2D eigenvalue weighted by molar-refractivity contribution is -0.113. The van der Waals surface area contributed by atoms with Crippen LogP contribution in [0.3, 0.4) is 0 Å². The highest BCUT2D eigenvalue weighted by molar-refractivity contribution is 8.19. The van der Waals surface area contributed by atoms with Gasteiger partial charge >= 0.3 is 0 Å². The summed E-state index contributed by atoms with van der Waals surface area (Å²) >= 11 is 0.858. The number of rotatable bonds is 4. The number of benzene rings is 2. The molecule has 0 unspecified atom stereocenters. The monoisotopic (exact) mass is 385 g/mol. The molecule has 2 aromatic rings. The fourth-order valence-corrected chi connectivity index (χ4v) is 3.68. The molecule has 2 aliphatic rings. The van der Waals surface area contributed by atoms with Gasteiger partial charge < -0.3 is 18.9 Å². The lowest BCUT2D eigenvalue weighted by Crippen LogP contribution is -2.28. The molecule has 2 aliphatic heterocycles. The Balaban J connectivity index is 1.72. The summed E-state index contributed by atoms with van der Waals surface area (Å²) in [7, 11) is 3.01. The minimum Gasteiger partial charge on any atom is -0.496 e. The van der Waals surface area contributed by atoms with Crippen molar-refractivity contribution >= 4 is 34.7 Å². The Hall–Kier alpha value is -3.13. The van der Waals surface area contributed by atoms with E-state index in [9.17, 15) is 9.59 Å². The number of carbonyl (C=O) groups excluding carboxylic acids is 2. The van der Waals surface area contributed by atoms with Crippen LogP contribution in [-0.4, -0.2) is 32.2 Å². The van der Waals surface area contributed by atoms with Gasteiger partial charge in [-0.25, -0.2) is 4.90 Å². The van der Waals surface area contributed by atoms with E-state index in [2.05, 4.69) is 0 Å². The first-order valence-corrected chi connectivity index (χ1v) is 8.82. The third-order valence-electron chi connectivity index (χ3n) is 4.13. The van der Waals surface area contributed by atoms with Gasteiger partial charge in [-0.3, -0.25) is 9.59 Å². The van der Waals surface area contributed by atoms with E-state index >= 15 is 0 Å². The maximum atomic E-state index is 12.9. The molecule has 8 heteroatoms. The highest BCUT2D eigenvalue weighted by Crippen LogP contribution is 2.42. The van der Waals surface area contributed by atoms with Crippen LogP contribution in [0.2, 0.25) is 0 Å². The number of para-hydroxylation sites is 2. The molecule has 138 valence electrons. The van der Waals surface area contributed by atoms with Crippen molar-refractivity contribution in [2.45, 2.75) is 0 Å². The van der Waals surface area contributed by atoms with Gasteiger partial charge in [0.1, 0.15) is 11.5 Å². The molecular formula is C19H15NO6S. The second-order valence-electron chi connectivity index (χ2n) is 5.64. The Morgan fingerprint density at radius 1 is 1.04 bits per heavy atom. The average molecular weight is 385 g/mol. The summed E-state index contributed by atoms with van der Waals surface area (Å²) in [5.74, 6) is 1.68. The third-order valence-corrected chi connectivity index (χ3v) is 5.00. The molecule has 0 aromatic heterocycles. The normalized spacial score (nSPS) is 17.0. The Morgan fingerprint density at radius 2 is 1.74 bits per heavy atom. The van der Waals surface area contributed by atoms with Crippen molar-refractivity contribution in [1.82, 2.24) is 0 Å². The van der Waals surface area contributed by atoms with E-state index in [1.807, 2.05) is 0 Å². The summed E-state index contributed by atoms with van der Waals surface area (Å²) in [6.45, 7) is 0.131. The Morgan fingerprint density at radius 3 is 2.48 bits per heavy atom. The standard InChI is InChI=1S/C19H15NO6S/c1-23-13-6-4-3-5-12(13)20-18(21)17(27-19(20)22)8-11-7-15-16(26-10-25-15)9-14(11)24-2/h3-9H,10H2,1-2H3/b17-8-. The van der Waals surface area contributed by atoms with Gasteiger partial charge in [-0.05, 0) is 36.0 Å². The van der Waals surface area contributed by atoms with E-state index < -0.39 is 11.1 Å². The van der Waals surface area contributed by atoms with Gasteiger partial charge in [-0.1, -0.05) is 12.1 Å². The Labute approximate surface area is 159 Å². The van der Waals surface area contributed by atoms with Crippen LogP contribution in [-0.2, 0) is 4.79 Å². The van der Waals surface area contributed by atoms with E-state index in [4.69, 9.17) is 18.9 Å². The maximum Gasteiger partial charge on any atom is 0.298 e. The summed E-state index contributed by atoms with van der Waals surface area (Å²) in [6, 6.07) is 10.3. The summed E-state index contributed by atoms with van der Waals surface area (Å²) in [6.07, 6.45) is 1.61. The van der Waals surface area contributed by atoms with E-state index in [-0.39, 0.29) is 11.7 Å². The van der Waals surface area contributed by atoms with Crippen molar-refractivity contribution in [2.75, 3.05) is 25.9 Å². The minimum absolute atomic E-state index is 0.131. The van der Waals surface area contributed by atoms with E-state index in [1.54, 1.807) is 42.5 Å². The van der Waals surface area contributed by atoms with E-state index in [0.717, 1.165) is 16.7 Å². The maximum absolute atomic E-state index is 12.9.